The van der Waals surface area contributed by atoms with Crippen LogP contribution in [0.25, 0.3) is 0 Å². The van der Waals surface area contributed by atoms with Gasteiger partial charge in [0.05, 0.1) is 26.4 Å². The number of rotatable bonds is 32. The number of Topliss-reactive ketones (excluding diaryl/α,β-unsaturated/α-hetero) is 2. The molecule has 8 nitrogen and oxygen atoms in total. The first-order valence-corrected chi connectivity index (χ1v) is 25.9. The third-order valence-corrected chi connectivity index (χ3v) is 11.8. The second-order valence-electron chi connectivity index (χ2n) is 17.5. The minimum atomic E-state index is 0.121. The van der Waals surface area contributed by atoms with Gasteiger partial charge < -0.3 is 28.4 Å². The third kappa shape index (κ3) is 27.0. The van der Waals surface area contributed by atoms with Crippen molar-refractivity contribution in [3.63, 3.8) is 0 Å². The van der Waals surface area contributed by atoms with Crippen LogP contribution in [0.5, 0.6) is 23.0 Å². The Morgan fingerprint density at radius 1 is 0.375 bits per heavy atom. The van der Waals surface area contributed by atoms with Crippen molar-refractivity contribution < 1.29 is 38.0 Å². The Morgan fingerprint density at radius 3 is 1.02 bits per heavy atom. The zero-order chi connectivity index (χ0) is 45.4. The maximum absolute atomic E-state index is 13.1. The van der Waals surface area contributed by atoms with Gasteiger partial charge in [-0.05, 0) is 101 Å². The van der Waals surface area contributed by atoms with Gasteiger partial charge in [-0.25, -0.2) is 0 Å². The summed E-state index contributed by atoms with van der Waals surface area (Å²) in [6.07, 6.45) is 42.5. The first-order chi connectivity index (χ1) is 31.6. The molecular formula is C56H88O8. The van der Waals surface area contributed by atoms with Crippen molar-refractivity contribution in [1.29, 1.82) is 0 Å². The summed E-state index contributed by atoms with van der Waals surface area (Å²) in [5.41, 5.74) is 1.27. The van der Waals surface area contributed by atoms with Crippen molar-refractivity contribution in [2.24, 2.45) is 0 Å². The van der Waals surface area contributed by atoms with Crippen molar-refractivity contribution in [1.82, 2.24) is 0 Å². The number of carbonyl (C=O) groups is 2. The highest BCUT2D eigenvalue weighted by atomic mass is 16.6. The quantitative estimate of drug-likeness (QED) is 0.0408. The van der Waals surface area contributed by atoms with Crippen LogP contribution in [0.2, 0.25) is 0 Å². The average molecular weight is 889 g/mol. The number of unbranched alkanes of at least 4 members (excludes halogenated alkanes) is 22. The van der Waals surface area contributed by atoms with Crippen molar-refractivity contribution in [3.8, 4) is 23.0 Å². The van der Waals surface area contributed by atoms with Crippen LogP contribution in [0, 0.1) is 0 Å². The molecule has 0 amide bonds. The summed E-state index contributed by atoms with van der Waals surface area (Å²) in [7, 11) is 0. The van der Waals surface area contributed by atoms with Gasteiger partial charge >= 0.3 is 0 Å². The van der Waals surface area contributed by atoms with Gasteiger partial charge in [0.25, 0.3) is 0 Å². The van der Waals surface area contributed by atoms with Gasteiger partial charge in [-0.2, -0.15) is 0 Å². The summed E-state index contributed by atoms with van der Waals surface area (Å²) in [6.45, 7) is 7.11. The van der Waals surface area contributed by atoms with Gasteiger partial charge in [0.2, 0.25) is 0 Å². The normalized spacial score (nSPS) is 14.2. The van der Waals surface area contributed by atoms with E-state index in [1.54, 1.807) is 12.1 Å². The Hall–Kier alpha value is -3.62. The lowest BCUT2D eigenvalue weighted by atomic mass is 10.0. The first kappa shape index (κ1) is 54.7. The minimum absolute atomic E-state index is 0.121. The topological polar surface area (TPSA) is 89.5 Å². The van der Waals surface area contributed by atoms with Gasteiger partial charge in [-0.15, -0.1) is 0 Å². The maximum atomic E-state index is 13.1. The molecule has 8 heteroatoms. The summed E-state index contributed by atoms with van der Waals surface area (Å²) >= 11 is 0. The summed E-state index contributed by atoms with van der Waals surface area (Å²) in [6, 6.07) is 10.9. The van der Waals surface area contributed by atoms with E-state index in [1.165, 1.54) is 116 Å². The van der Waals surface area contributed by atoms with E-state index in [-0.39, 0.29) is 11.6 Å². The molecule has 0 fully saturated rings. The van der Waals surface area contributed by atoms with E-state index in [0.29, 0.717) is 99.8 Å². The Morgan fingerprint density at radius 2 is 0.672 bits per heavy atom. The summed E-state index contributed by atoms with van der Waals surface area (Å²) in [4.78, 5) is 26.3. The highest BCUT2D eigenvalue weighted by Gasteiger charge is 2.15. The van der Waals surface area contributed by atoms with E-state index in [1.807, 2.05) is 24.3 Å². The molecule has 0 spiro atoms. The molecule has 2 aromatic rings. The molecule has 0 saturated carbocycles. The highest BCUT2D eigenvalue weighted by Crippen LogP contribution is 2.31. The standard InChI is InChI=1S/C56H88O8/c1-3-5-7-9-11-13-15-17-19-21-23-25-27-29-31-33-51(57)49-35-37-53-55(47-49)63-45-41-59-40-44-62-54-38-36-50(48-56(54)64-46-42-60-39-43-61-53)52(58)34-32-30-28-26-24-22-20-18-16-14-12-10-8-6-4-2/h17-20,35-38,47-48H,3-16,21-34,39-46H2,1-2H3/b19-17-,20-18-. The summed E-state index contributed by atoms with van der Waals surface area (Å²) < 4.78 is 35.9. The molecule has 0 unspecified atom stereocenters. The van der Waals surface area contributed by atoms with Crippen LogP contribution in [0.15, 0.2) is 60.7 Å². The van der Waals surface area contributed by atoms with E-state index >= 15 is 0 Å². The molecule has 0 N–H and O–H groups in total. The molecule has 1 aliphatic heterocycles. The molecule has 3 rings (SSSR count). The van der Waals surface area contributed by atoms with Gasteiger partial charge in [0, 0.05) is 24.0 Å². The fourth-order valence-corrected chi connectivity index (χ4v) is 7.87. The van der Waals surface area contributed by atoms with Crippen LogP contribution in [-0.2, 0) is 9.47 Å². The lowest BCUT2D eigenvalue weighted by Crippen LogP contribution is -2.16. The number of carbonyl (C=O) groups excluding carboxylic acids is 2. The highest BCUT2D eigenvalue weighted by molar-refractivity contribution is 5.97. The molecule has 1 aliphatic rings. The van der Waals surface area contributed by atoms with Crippen LogP contribution < -0.4 is 18.9 Å². The van der Waals surface area contributed by atoms with Crippen LogP contribution >= 0.6 is 0 Å². The Balaban J connectivity index is 1.33. The molecule has 0 aliphatic carbocycles. The number of ketones is 2. The van der Waals surface area contributed by atoms with Crippen molar-refractivity contribution in [2.45, 2.75) is 194 Å². The SMILES string of the molecule is CCCCCCCC/C=C\CCCCCCCC(=O)c1ccc2c(c1)OCCOCCOc1ccc(C(=O)CCCCCCC/C=C\CCCCCCCC)cc1OCCOCCO2. The molecule has 2 aromatic carbocycles. The predicted octanol–water partition coefficient (Wildman–Crippen LogP) is 15.4. The lowest BCUT2D eigenvalue weighted by molar-refractivity contribution is 0.0639. The van der Waals surface area contributed by atoms with Gasteiger partial charge in [0.1, 0.15) is 26.4 Å². The fourth-order valence-electron chi connectivity index (χ4n) is 7.87. The lowest BCUT2D eigenvalue weighted by Gasteiger charge is -2.16. The Labute approximate surface area is 389 Å². The van der Waals surface area contributed by atoms with Crippen LogP contribution in [0.1, 0.15) is 214 Å². The van der Waals surface area contributed by atoms with Crippen molar-refractivity contribution in [3.05, 3.63) is 71.8 Å². The van der Waals surface area contributed by atoms with Crippen LogP contribution in [0.4, 0.5) is 0 Å². The van der Waals surface area contributed by atoms with Gasteiger partial charge in [-0.3, -0.25) is 9.59 Å². The van der Waals surface area contributed by atoms with Crippen LogP contribution in [0.3, 0.4) is 0 Å². The zero-order valence-corrected chi connectivity index (χ0v) is 40.5. The number of ether oxygens (including phenoxy) is 6. The van der Waals surface area contributed by atoms with Crippen molar-refractivity contribution >= 4 is 11.6 Å². The number of hydrogen-bond donors (Lipinski definition) is 0. The van der Waals surface area contributed by atoms with E-state index in [2.05, 4.69) is 38.2 Å². The molecule has 0 radical (unpaired) electrons. The molecule has 360 valence electrons. The molecule has 0 atom stereocenters. The van der Waals surface area contributed by atoms with Crippen LogP contribution in [-0.4, -0.2) is 64.4 Å². The molecule has 1 heterocycles. The fraction of sp³-hybridized carbons (Fsp3) is 0.679. The number of allylic oxidation sites excluding steroid dienone is 4. The smallest absolute Gasteiger partial charge is 0.163 e. The van der Waals surface area contributed by atoms with Gasteiger partial charge in [-0.1, -0.05) is 141 Å². The molecular weight excluding hydrogens is 801 g/mol. The number of fused-ring (bicyclic) bond motifs is 2. The first-order valence-electron chi connectivity index (χ1n) is 25.9. The monoisotopic (exact) mass is 889 g/mol. The molecule has 0 aromatic heterocycles. The van der Waals surface area contributed by atoms with Crippen molar-refractivity contribution in [2.75, 3.05) is 52.9 Å². The third-order valence-electron chi connectivity index (χ3n) is 11.8. The second-order valence-corrected chi connectivity index (χ2v) is 17.5. The Kier molecular flexibility index (Phi) is 33.0. The number of hydrogen-bond acceptors (Lipinski definition) is 8. The van der Waals surface area contributed by atoms with Gasteiger partial charge in [0.15, 0.2) is 34.6 Å². The predicted molar refractivity (Wildman–Crippen MR) is 264 cm³/mol. The zero-order valence-electron chi connectivity index (χ0n) is 40.5. The van der Waals surface area contributed by atoms with E-state index < -0.39 is 0 Å². The minimum Gasteiger partial charge on any atom is -0.487 e. The van der Waals surface area contributed by atoms with E-state index in [4.69, 9.17) is 28.4 Å². The molecule has 0 bridgehead atoms. The molecule has 64 heavy (non-hydrogen) atoms. The molecule has 0 saturated heterocycles. The number of benzene rings is 2. The summed E-state index contributed by atoms with van der Waals surface area (Å²) in [5.74, 6) is 2.42. The largest absolute Gasteiger partial charge is 0.487 e. The Bertz CT molecular complexity index is 1420. The van der Waals surface area contributed by atoms with E-state index in [0.717, 1.165) is 51.4 Å². The van der Waals surface area contributed by atoms with E-state index in [9.17, 15) is 9.59 Å². The average Bonchev–Trinajstić information content (AvgIpc) is 3.31. The maximum Gasteiger partial charge on any atom is 0.163 e. The summed E-state index contributed by atoms with van der Waals surface area (Å²) in [5, 5.41) is 0. The second kappa shape index (κ2) is 38.6.